The lowest BCUT2D eigenvalue weighted by molar-refractivity contribution is -0.149. The van der Waals surface area contributed by atoms with E-state index in [-0.39, 0.29) is 24.8 Å². The lowest BCUT2D eigenvalue weighted by Crippen LogP contribution is -2.61. The second kappa shape index (κ2) is 8.70. The van der Waals surface area contributed by atoms with Crippen LogP contribution < -0.4 is 22.1 Å². The number of rotatable bonds is 8. The normalized spacial score (nSPS) is 30.9. The quantitative estimate of drug-likeness (QED) is 0.361. The van der Waals surface area contributed by atoms with Gasteiger partial charge in [-0.25, -0.2) is 0 Å². The van der Waals surface area contributed by atoms with Gasteiger partial charge in [-0.1, -0.05) is 34.6 Å². The summed E-state index contributed by atoms with van der Waals surface area (Å²) in [5, 5.41) is 4.82. The highest BCUT2D eigenvalue weighted by atomic mass is 19.3. The fourth-order valence-electron chi connectivity index (χ4n) is 6.63. The summed E-state index contributed by atoms with van der Waals surface area (Å²) >= 11 is 0. The molecule has 3 unspecified atom stereocenters. The van der Waals surface area contributed by atoms with E-state index >= 15 is 0 Å². The van der Waals surface area contributed by atoms with Gasteiger partial charge in [0.25, 0.3) is 5.91 Å². The van der Waals surface area contributed by atoms with E-state index in [2.05, 4.69) is 10.6 Å². The van der Waals surface area contributed by atoms with Gasteiger partial charge in [-0.3, -0.25) is 24.0 Å². The Morgan fingerprint density at radius 2 is 1.80 bits per heavy atom. The number of carbonyl (C=O) groups is 5. The van der Waals surface area contributed by atoms with E-state index in [1.807, 2.05) is 13.8 Å². The van der Waals surface area contributed by atoms with Gasteiger partial charge in [0.1, 0.15) is 12.1 Å². The minimum absolute atomic E-state index is 0.0389. The van der Waals surface area contributed by atoms with Crippen molar-refractivity contribution in [3.05, 3.63) is 0 Å². The van der Waals surface area contributed by atoms with E-state index in [1.54, 1.807) is 20.8 Å². The third-order valence-corrected chi connectivity index (χ3v) is 8.38. The predicted molar refractivity (Wildman–Crippen MR) is 120 cm³/mol. The Morgan fingerprint density at radius 3 is 2.23 bits per heavy atom. The number of halogens is 2. The number of nitrogens with two attached hydrogens (primary N) is 2. The average molecular weight is 500 g/mol. The fourth-order valence-corrected chi connectivity index (χ4v) is 6.63. The lowest BCUT2D eigenvalue weighted by Gasteiger charge is -2.41. The number of piperidine rings is 1. The minimum atomic E-state index is -3.33. The molecule has 3 rings (SSSR count). The molecule has 2 saturated heterocycles. The zero-order valence-corrected chi connectivity index (χ0v) is 20.7. The Labute approximate surface area is 202 Å². The van der Waals surface area contributed by atoms with Crippen molar-refractivity contribution in [3.8, 4) is 0 Å². The molecular weight excluding hydrogens is 464 g/mol. The van der Waals surface area contributed by atoms with Crippen LogP contribution in [-0.2, 0) is 24.0 Å². The number of carbonyl (C=O) groups excluding carboxylic acids is 5. The molecule has 1 saturated carbocycles. The van der Waals surface area contributed by atoms with E-state index in [0.29, 0.717) is 13.0 Å². The van der Waals surface area contributed by atoms with Crippen LogP contribution in [0, 0.1) is 34.0 Å². The van der Waals surface area contributed by atoms with Gasteiger partial charge in [0, 0.05) is 30.3 Å². The predicted octanol–water partition coefficient (Wildman–Crippen LogP) is -0.251. The molecule has 1 aliphatic carbocycles. The molecule has 5 amide bonds. The van der Waals surface area contributed by atoms with Crippen LogP contribution in [0.5, 0.6) is 0 Å². The maximum atomic E-state index is 13.7. The fraction of sp³-hybridized carbons (Fsp3) is 0.783. The number of nitrogens with zero attached hydrogens (tertiary/aromatic N) is 1. The first-order chi connectivity index (χ1) is 16.0. The molecule has 2 heterocycles. The molecule has 0 aromatic rings. The highest BCUT2D eigenvalue weighted by molar-refractivity contribution is 5.95. The molecule has 12 heteroatoms. The summed E-state index contributed by atoms with van der Waals surface area (Å²) in [5.74, 6) is -5.83. The molecule has 0 radical (unpaired) electrons. The first kappa shape index (κ1) is 26.8. The van der Waals surface area contributed by atoms with Crippen molar-refractivity contribution >= 4 is 29.5 Å². The number of hydrogen-bond donors (Lipinski definition) is 4. The van der Waals surface area contributed by atoms with Crippen LogP contribution in [0.25, 0.3) is 0 Å². The SMILES string of the molecule is CC(C)(C)[C@H](NC(=O)C(F)F)C(=O)N1CC2C(C)(C)C2([C@H](C[C@H]2CCNC2=O)C(N)=O)C1C(N)=O. The summed E-state index contributed by atoms with van der Waals surface area (Å²) in [4.78, 5) is 64.5. The van der Waals surface area contributed by atoms with Gasteiger partial charge in [-0.05, 0) is 29.6 Å². The Hall–Kier alpha value is -2.79. The van der Waals surface area contributed by atoms with Crippen molar-refractivity contribution < 1.29 is 32.8 Å². The van der Waals surface area contributed by atoms with Gasteiger partial charge in [-0.15, -0.1) is 0 Å². The number of primary amides is 2. The van der Waals surface area contributed by atoms with Crippen molar-refractivity contribution in [1.29, 1.82) is 0 Å². The first-order valence-electron chi connectivity index (χ1n) is 11.7. The third kappa shape index (κ3) is 4.14. The summed E-state index contributed by atoms with van der Waals surface area (Å²) in [6, 6.07) is -2.62. The molecule has 2 aliphatic heterocycles. The Balaban J connectivity index is 2.02. The molecule has 196 valence electrons. The second-order valence-electron chi connectivity index (χ2n) is 11.6. The number of nitrogens with one attached hydrogen (secondary N) is 2. The summed E-state index contributed by atoms with van der Waals surface area (Å²) in [6.07, 6.45) is -2.70. The van der Waals surface area contributed by atoms with Crippen LogP contribution in [-0.4, -0.2) is 66.0 Å². The molecule has 10 nitrogen and oxygen atoms in total. The standard InChI is InChI=1S/C23H35F2N5O5/c1-21(2,3)13(29-19(34)15(24)25)20(35)30-9-12-22(4,5)23(12,14(30)17(27)32)11(16(26)31)8-10-6-7-28-18(10)33/h10-15H,6-9H2,1-5H3,(H2,26,31)(H2,27,32)(H,28,33)(H,29,34)/t10-,11-,12?,13-,14?,23?/m1/s1. The van der Waals surface area contributed by atoms with Crippen LogP contribution in [0.15, 0.2) is 0 Å². The average Bonchev–Trinajstić information content (AvgIpc) is 3.09. The van der Waals surface area contributed by atoms with E-state index in [4.69, 9.17) is 11.5 Å². The molecule has 0 bridgehead atoms. The second-order valence-corrected chi connectivity index (χ2v) is 11.6. The van der Waals surface area contributed by atoms with Gasteiger partial charge in [-0.2, -0.15) is 8.78 Å². The number of amides is 5. The van der Waals surface area contributed by atoms with Crippen LogP contribution in [0.1, 0.15) is 47.5 Å². The summed E-state index contributed by atoms with van der Waals surface area (Å²) in [5.41, 5.74) is 8.94. The minimum Gasteiger partial charge on any atom is -0.369 e. The van der Waals surface area contributed by atoms with Crippen LogP contribution in [0.4, 0.5) is 8.78 Å². The summed E-state index contributed by atoms with van der Waals surface area (Å²) in [7, 11) is 0. The van der Waals surface area contributed by atoms with E-state index in [1.165, 1.54) is 4.90 Å². The molecule has 0 spiro atoms. The third-order valence-electron chi connectivity index (χ3n) is 8.38. The zero-order chi connectivity index (χ0) is 26.7. The maximum absolute atomic E-state index is 13.7. The zero-order valence-electron chi connectivity index (χ0n) is 20.7. The largest absolute Gasteiger partial charge is 0.369 e. The van der Waals surface area contributed by atoms with Crippen LogP contribution in [0.3, 0.4) is 0 Å². The molecule has 0 aromatic heterocycles. The number of likely N-dealkylation sites (tertiary alicyclic amines) is 1. The van der Waals surface area contributed by atoms with Gasteiger partial charge in [0.05, 0.1) is 0 Å². The lowest BCUT2D eigenvalue weighted by atomic mass is 9.71. The Bertz CT molecular complexity index is 949. The summed E-state index contributed by atoms with van der Waals surface area (Å²) < 4.78 is 26.0. The number of alkyl halides is 2. The van der Waals surface area contributed by atoms with Crippen LogP contribution >= 0.6 is 0 Å². The van der Waals surface area contributed by atoms with Crippen molar-refractivity contribution in [2.75, 3.05) is 13.1 Å². The molecule has 6 N–H and O–H groups in total. The number of fused-ring (bicyclic) bond motifs is 1. The molecule has 6 atom stereocenters. The van der Waals surface area contributed by atoms with Crippen molar-refractivity contribution in [3.63, 3.8) is 0 Å². The van der Waals surface area contributed by atoms with Crippen molar-refractivity contribution in [1.82, 2.24) is 15.5 Å². The Morgan fingerprint density at radius 1 is 1.20 bits per heavy atom. The van der Waals surface area contributed by atoms with Gasteiger partial charge >= 0.3 is 6.43 Å². The monoisotopic (exact) mass is 499 g/mol. The molecular formula is C23H35F2N5O5. The van der Waals surface area contributed by atoms with Crippen LogP contribution in [0.2, 0.25) is 0 Å². The van der Waals surface area contributed by atoms with Gasteiger partial charge in [0.15, 0.2) is 0 Å². The van der Waals surface area contributed by atoms with E-state index in [0.717, 1.165) is 0 Å². The number of hydrogen-bond acceptors (Lipinski definition) is 5. The smallest absolute Gasteiger partial charge is 0.315 e. The van der Waals surface area contributed by atoms with E-state index in [9.17, 15) is 32.8 Å². The van der Waals surface area contributed by atoms with Gasteiger partial charge in [0.2, 0.25) is 23.6 Å². The molecule has 35 heavy (non-hydrogen) atoms. The highest BCUT2D eigenvalue weighted by Gasteiger charge is 2.83. The van der Waals surface area contributed by atoms with Crippen molar-refractivity contribution in [2.24, 2.45) is 45.5 Å². The summed E-state index contributed by atoms with van der Waals surface area (Å²) in [6.45, 7) is 9.03. The highest BCUT2D eigenvalue weighted by Crippen LogP contribution is 2.78. The van der Waals surface area contributed by atoms with Crippen molar-refractivity contribution in [2.45, 2.75) is 66.0 Å². The molecule has 0 aromatic carbocycles. The van der Waals surface area contributed by atoms with Gasteiger partial charge < -0.3 is 27.0 Å². The van der Waals surface area contributed by atoms with E-state index < -0.39 is 70.2 Å². The molecule has 3 aliphatic rings. The molecule has 3 fully saturated rings. The topological polar surface area (TPSA) is 165 Å². The Kier molecular flexibility index (Phi) is 6.67. The maximum Gasteiger partial charge on any atom is 0.315 e. The first-order valence-corrected chi connectivity index (χ1v) is 11.7.